The number of esters is 1. The lowest BCUT2D eigenvalue weighted by atomic mass is 9.42. The summed E-state index contributed by atoms with van der Waals surface area (Å²) in [5, 5.41) is 26.6. The van der Waals surface area contributed by atoms with Crippen molar-refractivity contribution in [1.29, 1.82) is 0 Å². The Labute approximate surface area is 287 Å². The lowest BCUT2D eigenvalue weighted by Crippen LogP contribution is -2.82. The number of amides is 2. The SMILES string of the molecule is CCN1C[C@@]2(COC(=O)c3ccccc3N3C(=O)C[C@H](C)C3=O)CC[C@H](OC)[C@]34[C@@H]5C[C@@H]6[C@H](OC)[C@@H]5[C@](O)(C[C@@H]6OC)[C@@](O)([C@@H](OC)[C@H]23)[C@@H]14. The molecule has 8 rings (SSSR count). The van der Waals surface area contributed by atoms with Crippen molar-refractivity contribution in [3.63, 3.8) is 0 Å². The van der Waals surface area contributed by atoms with Gasteiger partial charge in [0.2, 0.25) is 11.8 Å². The summed E-state index contributed by atoms with van der Waals surface area (Å²) in [7, 11) is 6.70. The number of hydrogen-bond donors (Lipinski definition) is 2. The molecule has 0 aromatic heterocycles. The molecule has 5 saturated carbocycles. The zero-order chi connectivity index (χ0) is 34.8. The quantitative estimate of drug-likeness (QED) is 0.292. The minimum Gasteiger partial charge on any atom is -0.461 e. The summed E-state index contributed by atoms with van der Waals surface area (Å²) >= 11 is 0. The van der Waals surface area contributed by atoms with Crippen molar-refractivity contribution in [1.82, 2.24) is 4.90 Å². The number of aliphatic hydroxyl groups is 2. The van der Waals surface area contributed by atoms with E-state index in [1.165, 1.54) is 0 Å². The number of imide groups is 1. The fraction of sp³-hybridized carbons (Fsp3) is 0.757. The molecule has 12 heteroatoms. The first-order chi connectivity index (χ1) is 23.4. The zero-order valence-corrected chi connectivity index (χ0v) is 29.3. The van der Waals surface area contributed by atoms with Crippen LogP contribution in [0.2, 0.25) is 0 Å². The molecule has 5 aliphatic carbocycles. The van der Waals surface area contributed by atoms with E-state index in [4.69, 9.17) is 23.7 Å². The van der Waals surface area contributed by atoms with Crippen molar-refractivity contribution in [3.05, 3.63) is 29.8 Å². The predicted octanol–water partition coefficient (Wildman–Crippen LogP) is 2.04. The molecular formula is C37H50N2O10. The van der Waals surface area contributed by atoms with Gasteiger partial charge in [-0.05, 0) is 43.9 Å². The van der Waals surface area contributed by atoms with Crippen LogP contribution >= 0.6 is 0 Å². The molecular weight excluding hydrogens is 632 g/mol. The molecule has 2 saturated heterocycles. The number of anilines is 1. The number of hydrogen-bond acceptors (Lipinski definition) is 11. The van der Waals surface area contributed by atoms with Gasteiger partial charge >= 0.3 is 5.97 Å². The molecule has 7 aliphatic rings. The average Bonchev–Trinajstić information content (AvgIpc) is 3.63. The van der Waals surface area contributed by atoms with Crippen molar-refractivity contribution in [2.24, 2.45) is 40.4 Å². The van der Waals surface area contributed by atoms with Crippen LogP contribution in [0.4, 0.5) is 5.69 Å². The number of ether oxygens (including phenoxy) is 5. The van der Waals surface area contributed by atoms with Gasteiger partial charge in [-0.15, -0.1) is 0 Å². The van der Waals surface area contributed by atoms with Crippen LogP contribution in [-0.4, -0.2) is 123 Å². The van der Waals surface area contributed by atoms with Crippen LogP contribution in [0.25, 0.3) is 0 Å². The van der Waals surface area contributed by atoms with E-state index >= 15 is 0 Å². The maximum atomic E-state index is 14.1. The van der Waals surface area contributed by atoms with Gasteiger partial charge in [0.25, 0.3) is 0 Å². The van der Waals surface area contributed by atoms with Gasteiger partial charge in [-0.3, -0.25) is 14.5 Å². The molecule has 49 heavy (non-hydrogen) atoms. The highest BCUT2D eigenvalue weighted by molar-refractivity contribution is 6.22. The summed E-state index contributed by atoms with van der Waals surface area (Å²) in [6.45, 7) is 4.95. The van der Waals surface area contributed by atoms with E-state index in [1.54, 1.807) is 59.6 Å². The van der Waals surface area contributed by atoms with Crippen LogP contribution in [0.5, 0.6) is 0 Å². The maximum absolute atomic E-state index is 14.1. The molecule has 2 N–H and O–H groups in total. The van der Waals surface area contributed by atoms with E-state index < -0.39 is 46.1 Å². The highest BCUT2D eigenvalue weighted by Gasteiger charge is 2.91. The molecule has 1 spiro atoms. The van der Waals surface area contributed by atoms with Gasteiger partial charge < -0.3 is 33.9 Å². The van der Waals surface area contributed by atoms with E-state index in [-0.39, 0.29) is 84.5 Å². The van der Waals surface area contributed by atoms with Crippen molar-refractivity contribution in [3.8, 4) is 0 Å². The molecule has 0 unspecified atom stereocenters. The Morgan fingerprint density at radius 3 is 2.43 bits per heavy atom. The zero-order valence-electron chi connectivity index (χ0n) is 29.3. The lowest BCUT2D eigenvalue weighted by molar-refractivity contribution is -0.320. The number of nitrogens with zero attached hydrogens (tertiary/aromatic N) is 2. The second-order valence-corrected chi connectivity index (χ2v) is 16.0. The molecule has 12 nitrogen and oxygen atoms in total. The van der Waals surface area contributed by atoms with Gasteiger partial charge in [-0.25, -0.2) is 9.69 Å². The van der Waals surface area contributed by atoms with E-state index in [9.17, 15) is 24.6 Å². The fourth-order valence-corrected chi connectivity index (χ4v) is 13.2. The normalized spacial score (nSPS) is 48.0. The van der Waals surface area contributed by atoms with Gasteiger partial charge in [0, 0.05) is 82.3 Å². The van der Waals surface area contributed by atoms with E-state index in [2.05, 4.69) is 11.8 Å². The first-order valence-electron chi connectivity index (χ1n) is 17.9. The third kappa shape index (κ3) is 3.86. The molecule has 7 fully saturated rings. The second-order valence-electron chi connectivity index (χ2n) is 16.0. The molecule has 14 atom stereocenters. The molecule has 2 heterocycles. The van der Waals surface area contributed by atoms with Crippen LogP contribution in [0.15, 0.2) is 24.3 Å². The smallest absolute Gasteiger partial charge is 0.340 e. The summed E-state index contributed by atoms with van der Waals surface area (Å²) in [5.74, 6) is -2.47. The van der Waals surface area contributed by atoms with Crippen molar-refractivity contribution in [2.75, 3.05) is 53.0 Å². The van der Waals surface area contributed by atoms with Crippen LogP contribution in [0.1, 0.15) is 56.3 Å². The van der Waals surface area contributed by atoms with E-state index in [0.29, 0.717) is 25.9 Å². The number of benzene rings is 1. The number of likely N-dealkylation sites (N-methyl/N-ethyl adjacent to an activating group) is 1. The number of likely N-dealkylation sites (tertiary alicyclic amines) is 1. The van der Waals surface area contributed by atoms with Crippen molar-refractivity contribution in [2.45, 2.75) is 87.6 Å². The minimum atomic E-state index is -1.70. The first kappa shape index (κ1) is 33.7. The van der Waals surface area contributed by atoms with E-state index in [0.717, 1.165) is 11.3 Å². The topological polar surface area (TPSA) is 144 Å². The van der Waals surface area contributed by atoms with Gasteiger partial charge in [0.1, 0.15) is 11.2 Å². The first-order valence-corrected chi connectivity index (χ1v) is 17.9. The Bertz CT molecular complexity index is 1560. The monoisotopic (exact) mass is 682 g/mol. The predicted molar refractivity (Wildman–Crippen MR) is 174 cm³/mol. The number of methoxy groups -OCH3 is 4. The minimum absolute atomic E-state index is 0.0358. The number of fused-ring (bicyclic) bond motifs is 2. The van der Waals surface area contributed by atoms with Gasteiger partial charge in [0.05, 0.1) is 48.3 Å². The van der Waals surface area contributed by atoms with Crippen molar-refractivity contribution >= 4 is 23.5 Å². The summed E-state index contributed by atoms with van der Waals surface area (Å²) in [4.78, 5) is 43.3. The summed E-state index contributed by atoms with van der Waals surface area (Å²) in [5.41, 5.74) is -4.17. The summed E-state index contributed by atoms with van der Waals surface area (Å²) in [6, 6.07) is 6.12. The Kier molecular flexibility index (Phi) is 7.75. The van der Waals surface area contributed by atoms with Crippen molar-refractivity contribution < 1.29 is 48.3 Å². The number of carbonyl (C=O) groups is 3. The number of carbonyl (C=O) groups excluding carboxylic acids is 3. The molecule has 268 valence electrons. The Balaban J connectivity index is 1.23. The third-order valence-electron chi connectivity index (χ3n) is 14.5. The largest absolute Gasteiger partial charge is 0.461 e. The molecule has 2 aliphatic heterocycles. The van der Waals surface area contributed by atoms with Crippen LogP contribution < -0.4 is 4.90 Å². The van der Waals surface area contributed by atoms with Gasteiger partial charge in [0.15, 0.2) is 0 Å². The molecule has 1 aromatic rings. The highest BCUT2D eigenvalue weighted by atomic mass is 16.5. The van der Waals surface area contributed by atoms with Crippen LogP contribution in [0.3, 0.4) is 0 Å². The summed E-state index contributed by atoms with van der Waals surface area (Å²) < 4.78 is 31.4. The Hall–Kier alpha value is -2.45. The fourth-order valence-electron chi connectivity index (χ4n) is 13.2. The highest BCUT2D eigenvalue weighted by Crippen LogP contribution is 2.80. The summed E-state index contributed by atoms with van der Waals surface area (Å²) in [6.07, 6.45) is 0.813. The van der Waals surface area contributed by atoms with Gasteiger partial charge in [-0.2, -0.15) is 0 Å². The third-order valence-corrected chi connectivity index (χ3v) is 14.5. The molecule has 7 bridgehead atoms. The van der Waals surface area contributed by atoms with Gasteiger partial charge in [-0.1, -0.05) is 26.0 Å². The number of para-hydroxylation sites is 1. The Morgan fingerprint density at radius 2 is 1.80 bits per heavy atom. The van der Waals surface area contributed by atoms with E-state index in [1.807, 2.05) is 0 Å². The molecule has 1 aromatic carbocycles. The van der Waals surface area contributed by atoms with Crippen LogP contribution in [0, 0.1) is 40.4 Å². The number of piperidine rings is 1. The number of rotatable bonds is 9. The van der Waals surface area contributed by atoms with Crippen LogP contribution in [-0.2, 0) is 33.3 Å². The second kappa shape index (κ2) is 11.3. The Morgan fingerprint density at radius 1 is 1.04 bits per heavy atom. The molecule has 2 amide bonds. The standard InChI is InChI=1S/C37H50N2O10/c1-7-38-17-34(18-49-32(42)20-10-8-9-11-23(20)39-26(40)14-19(2)31(39)41)13-12-25(46-4)36-22-15-21-24(45-3)16-35(43,27(22)28(21)47-5)37(44,33(36)38)30(48-6)29(34)36/h8-11,19,21-22,24-25,27-30,33,43-44H,7,12-18H2,1-6H3/t19-,21-,22+,24-,25-,27+,28-,29+,30-,33-,34+,35+,36+,37+/m0/s1. The maximum Gasteiger partial charge on any atom is 0.340 e. The average molecular weight is 683 g/mol. The lowest BCUT2D eigenvalue weighted by Gasteiger charge is -2.70. The molecule has 0 radical (unpaired) electrons.